The molecule has 1 amide bonds. The van der Waals surface area contributed by atoms with E-state index in [9.17, 15) is 18.0 Å². The van der Waals surface area contributed by atoms with Crippen LogP contribution in [0.15, 0.2) is 53.5 Å². The van der Waals surface area contributed by atoms with Gasteiger partial charge in [0.1, 0.15) is 0 Å². The summed E-state index contributed by atoms with van der Waals surface area (Å²) in [4.78, 5) is 14.6. The van der Waals surface area contributed by atoms with Gasteiger partial charge in [-0.2, -0.15) is 18.2 Å². The number of amidine groups is 1. The van der Waals surface area contributed by atoms with Crippen LogP contribution >= 0.6 is 11.8 Å². The zero-order valence-corrected chi connectivity index (χ0v) is 17.6. The second-order valence-electron chi connectivity index (χ2n) is 6.92. The molecule has 1 fully saturated rings. The number of aromatic nitrogens is 4. The Labute approximate surface area is 185 Å². The van der Waals surface area contributed by atoms with Gasteiger partial charge in [0.15, 0.2) is 11.0 Å². The number of carbonyl (C=O) groups excluding carboxylic acids is 1. The first-order valence-electron chi connectivity index (χ1n) is 9.68. The molecule has 1 unspecified atom stereocenters. The molecule has 1 saturated heterocycles. The molecule has 1 aliphatic rings. The molecule has 0 radical (unpaired) electrons. The Hall–Kier alpha value is -3.25. The van der Waals surface area contributed by atoms with Crippen molar-refractivity contribution in [3.63, 3.8) is 0 Å². The van der Waals surface area contributed by atoms with Gasteiger partial charge in [-0.05, 0) is 33.5 Å². The van der Waals surface area contributed by atoms with Crippen LogP contribution in [-0.2, 0) is 11.3 Å². The molecular weight excluding hydrogens is 443 g/mol. The number of H-pyrrole nitrogens is 1. The molecule has 0 spiro atoms. The van der Waals surface area contributed by atoms with Crippen molar-refractivity contribution >= 4 is 22.8 Å². The first kappa shape index (κ1) is 22.0. The number of aliphatic imine (C=N–C) groups is 1. The van der Waals surface area contributed by atoms with Crippen molar-refractivity contribution in [2.45, 2.75) is 31.4 Å². The van der Waals surface area contributed by atoms with Crippen LogP contribution in [0.25, 0.3) is 22.5 Å². The van der Waals surface area contributed by atoms with Crippen LogP contribution in [0.1, 0.15) is 18.9 Å². The van der Waals surface area contributed by atoms with Crippen LogP contribution in [0.5, 0.6) is 0 Å². The highest BCUT2D eigenvalue weighted by atomic mass is 32.2. The van der Waals surface area contributed by atoms with Gasteiger partial charge < -0.3 is 0 Å². The van der Waals surface area contributed by atoms with Gasteiger partial charge in [0.25, 0.3) is 0 Å². The van der Waals surface area contributed by atoms with Crippen molar-refractivity contribution < 1.29 is 18.0 Å². The van der Waals surface area contributed by atoms with Crippen molar-refractivity contribution in [1.82, 2.24) is 31.1 Å². The van der Waals surface area contributed by atoms with Crippen LogP contribution in [0, 0.1) is 0 Å². The minimum Gasteiger partial charge on any atom is -0.281 e. The van der Waals surface area contributed by atoms with Crippen molar-refractivity contribution in [2.75, 3.05) is 0 Å². The maximum Gasteiger partial charge on any atom is 0.473 e. The highest BCUT2D eigenvalue weighted by Gasteiger charge is 2.40. The van der Waals surface area contributed by atoms with Gasteiger partial charge in [-0.3, -0.25) is 9.80 Å². The minimum absolute atomic E-state index is 0.00594. The zero-order chi connectivity index (χ0) is 22.7. The molecule has 166 valence electrons. The van der Waals surface area contributed by atoms with Crippen LogP contribution in [-0.4, -0.2) is 48.3 Å². The summed E-state index contributed by atoms with van der Waals surface area (Å²) in [6, 6.07) is 15.2. The molecule has 8 nitrogen and oxygen atoms in total. The molecule has 1 aromatic heterocycles. The predicted octanol–water partition coefficient (Wildman–Crippen LogP) is 3.77. The number of halogens is 3. The number of benzene rings is 2. The fourth-order valence-electron chi connectivity index (χ4n) is 3.16. The number of aromatic amines is 1. The third kappa shape index (κ3) is 4.81. The zero-order valence-electron chi connectivity index (χ0n) is 16.8. The molecule has 2 N–H and O–H groups in total. The molecule has 2 heterocycles. The number of carbonyl (C=O) groups is 1. The summed E-state index contributed by atoms with van der Waals surface area (Å²) in [5.41, 5.74) is 6.62. The van der Waals surface area contributed by atoms with Gasteiger partial charge in [-0.1, -0.05) is 67.2 Å². The topological polar surface area (TPSA) is 99.2 Å². The average Bonchev–Trinajstić information content (AvgIpc) is 3.44. The number of alkyl halides is 3. The lowest BCUT2D eigenvalue weighted by Gasteiger charge is -2.19. The monoisotopic (exact) mass is 461 g/mol. The van der Waals surface area contributed by atoms with E-state index in [-0.39, 0.29) is 17.1 Å². The minimum atomic E-state index is -5.00. The third-order valence-corrected chi connectivity index (χ3v) is 5.97. The summed E-state index contributed by atoms with van der Waals surface area (Å²) < 4.78 is 38.0. The summed E-state index contributed by atoms with van der Waals surface area (Å²) in [5, 5.41) is 15.3. The maximum atomic E-state index is 12.7. The van der Waals surface area contributed by atoms with E-state index in [1.54, 1.807) is 0 Å². The molecule has 12 heteroatoms. The molecule has 1 aliphatic heterocycles. The van der Waals surface area contributed by atoms with Gasteiger partial charge in [0.2, 0.25) is 0 Å². The van der Waals surface area contributed by atoms with E-state index < -0.39 is 12.1 Å². The standard InChI is InChI=1S/C20H18F3N7OS/c1-2-16-27-30(19(32-16)24-18(31)20(21,22)23)11-12-7-9-13(10-8-12)14-5-3-4-6-15(14)17-25-28-29-26-17/h3-10,16,27H,2,11H2,1H3,(H,25,26,28,29). The van der Waals surface area contributed by atoms with Gasteiger partial charge in [0.05, 0.1) is 11.9 Å². The Kier molecular flexibility index (Phi) is 6.24. The van der Waals surface area contributed by atoms with E-state index in [0.717, 1.165) is 34.0 Å². The number of thioether (sulfide) groups is 1. The number of amides is 1. The number of hydrogen-bond acceptors (Lipinski definition) is 6. The van der Waals surface area contributed by atoms with Crippen molar-refractivity contribution in [3.8, 4) is 22.5 Å². The Bertz CT molecular complexity index is 1120. The lowest BCUT2D eigenvalue weighted by molar-refractivity contribution is -0.169. The van der Waals surface area contributed by atoms with Crippen LogP contribution < -0.4 is 5.43 Å². The van der Waals surface area contributed by atoms with Gasteiger partial charge in [-0.25, -0.2) is 10.5 Å². The van der Waals surface area contributed by atoms with E-state index in [1.165, 1.54) is 5.01 Å². The lowest BCUT2D eigenvalue weighted by Crippen LogP contribution is -2.37. The second kappa shape index (κ2) is 9.09. The van der Waals surface area contributed by atoms with Gasteiger partial charge in [0, 0.05) is 5.56 Å². The predicted molar refractivity (Wildman–Crippen MR) is 114 cm³/mol. The van der Waals surface area contributed by atoms with Crippen LogP contribution in [0.2, 0.25) is 0 Å². The summed E-state index contributed by atoms with van der Waals surface area (Å²) in [6.45, 7) is 2.15. The number of hydrazine groups is 1. The maximum absolute atomic E-state index is 12.7. The largest absolute Gasteiger partial charge is 0.473 e. The molecule has 3 aromatic rings. The molecular formula is C20H18F3N7OS. The third-order valence-electron chi connectivity index (χ3n) is 4.72. The fourth-order valence-corrected chi connectivity index (χ4v) is 4.14. The molecule has 4 rings (SSSR count). The number of tetrazole rings is 1. The molecule has 1 atom stereocenters. The van der Waals surface area contributed by atoms with Crippen molar-refractivity contribution in [2.24, 2.45) is 4.99 Å². The highest BCUT2D eigenvalue weighted by molar-refractivity contribution is 8.14. The first-order valence-corrected chi connectivity index (χ1v) is 10.6. The highest BCUT2D eigenvalue weighted by Crippen LogP contribution is 2.31. The quantitative estimate of drug-likeness (QED) is 0.597. The summed E-state index contributed by atoms with van der Waals surface area (Å²) in [6.07, 6.45) is -4.34. The van der Waals surface area contributed by atoms with Crippen LogP contribution in [0.4, 0.5) is 13.2 Å². The SMILES string of the molecule is CCC1NN(Cc2ccc(-c3ccccc3-c3nnn[nH]3)cc2)C(=NC(=O)C(F)(F)F)S1. The average molecular weight is 461 g/mol. The smallest absolute Gasteiger partial charge is 0.281 e. The molecule has 2 aromatic carbocycles. The second-order valence-corrected chi connectivity index (χ2v) is 8.09. The number of nitrogens with zero attached hydrogens (tertiary/aromatic N) is 5. The fraction of sp³-hybridized carbons (Fsp3) is 0.250. The van der Waals surface area contributed by atoms with Crippen molar-refractivity contribution in [3.05, 3.63) is 54.1 Å². The van der Waals surface area contributed by atoms with Crippen LogP contribution in [0.3, 0.4) is 0 Å². The normalized spacial score (nSPS) is 17.8. The molecule has 0 aliphatic carbocycles. The Balaban J connectivity index is 1.55. The molecule has 32 heavy (non-hydrogen) atoms. The van der Waals surface area contributed by atoms with Gasteiger partial charge >= 0.3 is 12.1 Å². The summed E-state index contributed by atoms with van der Waals surface area (Å²) >= 11 is 1.10. The summed E-state index contributed by atoms with van der Waals surface area (Å²) in [7, 11) is 0. The van der Waals surface area contributed by atoms with E-state index in [2.05, 4.69) is 31.0 Å². The summed E-state index contributed by atoms with van der Waals surface area (Å²) in [5.74, 6) is -1.57. The number of rotatable bonds is 5. The molecule has 0 saturated carbocycles. The van der Waals surface area contributed by atoms with E-state index in [0.29, 0.717) is 12.2 Å². The number of hydrogen-bond donors (Lipinski definition) is 2. The Morgan fingerprint density at radius 2 is 1.88 bits per heavy atom. The van der Waals surface area contributed by atoms with E-state index >= 15 is 0 Å². The van der Waals surface area contributed by atoms with Crippen molar-refractivity contribution in [1.29, 1.82) is 0 Å². The first-order chi connectivity index (χ1) is 15.3. The van der Waals surface area contributed by atoms with E-state index in [1.807, 2.05) is 55.5 Å². The Morgan fingerprint density at radius 3 is 2.50 bits per heavy atom. The Morgan fingerprint density at radius 1 is 1.16 bits per heavy atom. The van der Waals surface area contributed by atoms with Gasteiger partial charge in [-0.15, -0.1) is 5.10 Å². The number of nitrogens with one attached hydrogen (secondary N) is 2. The lowest BCUT2D eigenvalue weighted by atomic mass is 9.98. The molecule has 0 bridgehead atoms. The van der Waals surface area contributed by atoms with E-state index in [4.69, 9.17) is 0 Å².